The van der Waals surface area contributed by atoms with Gasteiger partial charge in [0, 0.05) is 16.3 Å². The Bertz CT molecular complexity index is 1240. The van der Waals surface area contributed by atoms with E-state index >= 15 is 0 Å². The molecule has 1 aromatic heterocycles. The standard InChI is InChI=1S/C22H18N2O2S/c1-2-27(26,16-25)20-11-8-17(9-12-20)18-10-13-22-21(14-18)23-15-24(22)19-6-4-3-5-7-19/h3-15H,2H2,1H3. The number of rotatable bonds is 4. The fourth-order valence-electron chi connectivity index (χ4n) is 3.13. The van der Waals surface area contributed by atoms with Crippen LogP contribution in [-0.2, 0) is 14.3 Å². The summed E-state index contributed by atoms with van der Waals surface area (Å²) in [6.45, 7) is 1.73. The van der Waals surface area contributed by atoms with E-state index in [4.69, 9.17) is 0 Å². The lowest BCUT2D eigenvalue weighted by molar-refractivity contribution is 0.569. The molecule has 4 nitrogen and oxygen atoms in total. The summed E-state index contributed by atoms with van der Waals surface area (Å²) in [5.74, 6) is 0.263. The highest BCUT2D eigenvalue weighted by Gasteiger charge is 2.11. The van der Waals surface area contributed by atoms with Gasteiger partial charge in [-0.3, -0.25) is 8.78 Å². The van der Waals surface area contributed by atoms with E-state index in [2.05, 4.69) is 9.55 Å². The average Bonchev–Trinajstić information content (AvgIpc) is 3.17. The molecule has 0 saturated carbocycles. The van der Waals surface area contributed by atoms with Crippen molar-refractivity contribution in [3.63, 3.8) is 0 Å². The van der Waals surface area contributed by atoms with Crippen molar-refractivity contribution in [1.29, 1.82) is 0 Å². The van der Waals surface area contributed by atoms with Crippen molar-refractivity contribution in [3.05, 3.63) is 79.1 Å². The molecule has 4 rings (SSSR count). The van der Waals surface area contributed by atoms with Crippen LogP contribution in [0.1, 0.15) is 6.92 Å². The molecule has 0 bridgehead atoms. The van der Waals surface area contributed by atoms with Crippen LogP contribution in [0.15, 0.2) is 84.0 Å². The molecule has 0 radical (unpaired) electrons. The first-order chi connectivity index (χ1) is 13.1. The fourth-order valence-corrected chi connectivity index (χ4v) is 4.25. The minimum Gasteiger partial charge on any atom is -0.299 e. The van der Waals surface area contributed by atoms with Crippen LogP contribution < -0.4 is 0 Å². The Kier molecular flexibility index (Phi) is 4.40. The van der Waals surface area contributed by atoms with E-state index in [1.165, 1.54) is 0 Å². The molecule has 0 aliphatic rings. The number of hydrogen-bond donors (Lipinski definition) is 0. The number of aromatic nitrogens is 2. The van der Waals surface area contributed by atoms with Crippen molar-refractivity contribution in [2.45, 2.75) is 11.8 Å². The summed E-state index contributed by atoms with van der Waals surface area (Å²) >= 11 is 0. The van der Waals surface area contributed by atoms with Gasteiger partial charge in [0.2, 0.25) is 0 Å². The first kappa shape index (κ1) is 17.3. The minimum absolute atomic E-state index is 0.263. The summed E-state index contributed by atoms with van der Waals surface area (Å²) < 4.78 is 14.5. The normalized spacial score (nSPS) is 13.2. The smallest absolute Gasteiger partial charge is 0.190 e. The highest BCUT2D eigenvalue weighted by Crippen LogP contribution is 2.26. The van der Waals surface area contributed by atoms with Crippen molar-refractivity contribution >= 4 is 25.8 Å². The molecule has 0 spiro atoms. The van der Waals surface area contributed by atoms with Crippen LogP contribution in [0.5, 0.6) is 0 Å². The van der Waals surface area contributed by atoms with Gasteiger partial charge in [0.15, 0.2) is 5.23 Å². The Morgan fingerprint density at radius 3 is 2.33 bits per heavy atom. The number of para-hydroxylation sites is 1. The molecule has 0 saturated heterocycles. The largest absolute Gasteiger partial charge is 0.299 e. The second-order valence-corrected chi connectivity index (χ2v) is 8.79. The number of imidazole rings is 1. The number of fused-ring (bicyclic) bond motifs is 1. The Hall–Kier alpha value is -3.14. The van der Waals surface area contributed by atoms with Gasteiger partial charge in [-0.05, 0) is 47.5 Å². The second kappa shape index (κ2) is 6.88. The molecule has 1 unspecified atom stereocenters. The molecule has 27 heavy (non-hydrogen) atoms. The number of benzene rings is 3. The molecule has 0 N–H and O–H groups in total. The maximum atomic E-state index is 12.4. The van der Waals surface area contributed by atoms with E-state index in [0.717, 1.165) is 27.8 Å². The van der Waals surface area contributed by atoms with Crippen LogP contribution in [0.4, 0.5) is 0 Å². The molecule has 0 aliphatic heterocycles. The highest BCUT2D eigenvalue weighted by atomic mass is 32.2. The molecular formula is C22H18N2O2S. The number of hydrogen-bond acceptors (Lipinski definition) is 3. The van der Waals surface area contributed by atoms with E-state index in [-0.39, 0.29) is 5.75 Å². The van der Waals surface area contributed by atoms with Crippen LogP contribution in [0.2, 0.25) is 0 Å². The second-order valence-electron chi connectivity index (χ2n) is 6.23. The van der Waals surface area contributed by atoms with E-state index in [0.29, 0.717) is 4.90 Å². The molecule has 1 atom stereocenters. The van der Waals surface area contributed by atoms with Gasteiger partial charge in [-0.1, -0.05) is 43.3 Å². The molecule has 3 aromatic carbocycles. The number of nitrogens with zero attached hydrogens (tertiary/aromatic N) is 2. The van der Waals surface area contributed by atoms with Gasteiger partial charge >= 0.3 is 0 Å². The molecule has 1 heterocycles. The summed E-state index contributed by atoms with van der Waals surface area (Å²) in [5.41, 5.74) is 5.01. The lowest BCUT2D eigenvalue weighted by Crippen LogP contribution is -2.04. The summed E-state index contributed by atoms with van der Waals surface area (Å²) in [6, 6.07) is 23.5. The topological polar surface area (TPSA) is 52.0 Å². The summed E-state index contributed by atoms with van der Waals surface area (Å²) in [5, 5.41) is 1.71. The minimum atomic E-state index is -2.73. The summed E-state index contributed by atoms with van der Waals surface area (Å²) in [4.78, 5) is 16.1. The van der Waals surface area contributed by atoms with Crippen molar-refractivity contribution in [2.24, 2.45) is 0 Å². The van der Waals surface area contributed by atoms with Crippen LogP contribution in [0.25, 0.3) is 27.8 Å². The third kappa shape index (κ3) is 3.08. The molecule has 5 heteroatoms. The van der Waals surface area contributed by atoms with E-state index in [1.807, 2.05) is 67.0 Å². The lowest BCUT2D eigenvalue weighted by atomic mass is 10.1. The van der Waals surface area contributed by atoms with Gasteiger partial charge in [-0.25, -0.2) is 9.78 Å². The van der Waals surface area contributed by atoms with Gasteiger partial charge in [0.05, 0.1) is 20.6 Å². The molecular weight excluding hydrogens is 356 g/mol. The third-order valence-electron chi connectivity index (χ3n) is 4.69. The maximum absolute atomic E-state index is 12.4. The van der Waals surface area contributed by atoms with Gasteiger partial charge in [0.1, 0.15) is 6.33 Å². The van der Waals surface area contributed by atoms with Crippen LogP contribution in [0.3, 0.4) is 0 Å². The Labute approximate surface area is 158 Å². The Morgan fingerprint density at radius 2 is 1.67 bits per heavy atom. The van der Waals surface area contributed by atoms with Crippen molar-refractivity contribution in [2.75, 3.05) is 5.75 Å². The summed E-state index contributed by atoms with van der Waals surface area (Å²) in [7, 11) is -2.73. The van der Waals surface area contributed by atoms with E-state index < -0.39 is 9.52 Å². The first-order valence-electron chi connectivity index (χ1n) is 8.68. The van der Waals surface area contributed by atoms with Gasteiger partial charge in [0.25, 0.3) is 0 Å². The Morgan fingerprint density at radius 1 is 0.963 bits per heavy atom. The lowest BCUT2D eigenvalue weighted by Gasteiger charge is -2.07. The molecule has 0 fully saturated rings. The van der Waals surface area contributed by atoms with Gasteiger partial charge in [-0.15, -0.1) is 0 Å². The van der Waals surface area contributed by atoms with Gasteiger partial charge < -0.3 is 0 Å². The number of carbonyl (C=O) groups excluding carboxylic acids is 1. The molecule has 4 aromatic rings. The molecule has 0 aliphatic carbocycles. The first-order valence-corrected chi connectivity index (χ1v) is 10.4. The van der Waals surface area contributed by atoms with Crippen molar-refractivity contribution in [3.8, 4) is 16.8 Å². The predicted octanol–water partition coefficient (Wildman–Crippen LogP) is 4.42. The zero-order valence-electron chi connectivity index (χ0n) is 14.8. The maximum Gasteiger partial charge on any atom is 0.190 e. The van der Waals surface area contributed by atoms with E-state index in [9.17, 15) is 9.00 Å². The molecule has 134 valence electrons. The highest BCUT2D eigenvalue weighted by molar-refractivity contribution is 8.00. The fraction of sp³-hybridized carbons (Fsp3) is 0.0909. The average molecular weight is 374 g/mol. The SMILES string of the molecule is CCS(=O)(=C=O)c1ccc(-c2ccc3c(c2)ncn3-c2ccccc2)cc1. The zero-order valence-corrected chi connectivity index (χ0v) is 15.6. The monoisotopic (exact) mass is 374 g/mol. The third-order valence-corrected chi connectivity index (χ3v) is 6.81. The zero-order chi connectivity index (χ0) is 18.9. The van der Waals surface area contributed by atoms with Crippen LogP contribution in [-0.4, -0.2) is 24.7 Å². The van der Waals surface area contributed by atoms with Gasteiger partial charge in [-0.2, -0.15) is 0 Å². The van der Waals surface area contributed by atoms with Crippen LogP contribution >= 0.6 is 0 Å². The predicted molar refractivity (Wildman–Crippen MR) is 109 cm³/mol. The van der Waals surface area contributed by atoms with E-state index in [1.54, 1.807) is 24.3 Å². The summed E-state index contributed by atoms with van der Waals surface area (Å²) in [6.07, 6.45) is 1.82. The Balaban J connectivity index is 1.73. The van der Waals surface area contributed by atoms with Crippen LogP contribution in [0, 0.1) is 0 Å². The van der Waals surface area contributed by atoms with Crippen molar-refractivity contribution < 1.29 is 9.00 Å². The quantitative estimate of drug-likeness (QED) is 0.497. The molecule has 0 amide bonds. The van der Waals surface area contributed by atoms with Crippen molar-refractivity contribution in [1.82, 2.24) is 9.55 Å².